The molecule has 19 heteroatoms. The van der Waals surface area contributed by atoms with E-state index in [9.17, 15) is 32.4 Å². The lowest BCUT2D eigenvalue weighted by Crippen LogP contribution is -2.25. The molecule has 0 saturated heterocycles. The van der Waals surface area contributed by atoms with Crippen molar-refractivity contribution < 1.29 is 65.2 Å². The first-order chi connectivity index (χ1) is 12.8. The van der Waals surface area contributed by atoms with E-state index in [1.54, 1.807) is 6.92 Å². The molecule has 0 bridgehead atoms. The SMILES string of the molecule is CCC(CNF)COP(=O)(O)OOP(=O)(O)OCC(CNF)COP(=O)(O)O. The standard InChI is InChI=1S/C9H23F2N2O12P3/c1-2-8(3-12-10)5-22-27(17,18)24-25-28(19,20)23-7-9(4-13-11)6-21-26(14,15)16/h8-9,12-13H,2-7H2,1H3,(H,17,18)(H,19,20)(H2,14,15,16). The fourth-order valence-electron chi connectivity index (χ4n) is 1.43. The summed E-state index contributed by atoms with van der Waals surface area (Å²) in [5, 5.41) is 0. The molecule has 0 aromatic carbocycles. The predicted molar refractivity (Wildman–Crippen MR) is 87.2 cm³/mol. The summed E-state index contributed by atoms with van der Waals surface area (Å²) >= 11 is 0. The quantitative estimate of drug-likeness (QED) is 0.0737. The average Bonchev–Trinajstić information content (AvgIpc) is 2.59. The van der Waals surface area contributed by atoms with Crippen LogP contribution in [0.1, 0.15) is 13.3 Å². The van der Waals surface area contributed by atoms with Crippen molar-refractivity contribution in [3.63, 3.8) is 0 Å². The van der Waals surface area contributed by atoms with Gasteiger partial charge in [-0.15, -0.1) is 18.3 Å². The highest BCUT2D eigenvalue weighted by atomic mass is 31.2. The first kappa shape index (κ1) is 28.1. The maximum absolute atomic E-state index is 12.2. The third kappa shape index (κ3) is 15.0. The van der Waals surface area contributed by atoms with Crippen LogP contribution in [0, 0.1) is 11.8 Å². The minimum atomic E-state index is -5.10. The van der Waals surface area contributed by atoms with E-state index in [1.165, 1.54) is 5.54 Å². The zero-order valence-corrected chi connectivity index (χ0v) is 17.2. The molecule has 0 amide bonds. The van der Waals surface area contributed by atoms with Gasteiger partial charge in [-0.1, -0.05) is 6.92 Å². The van der Waals surface area contributed by atoms with Crippen molar-refractivity contribution in [2.45, 2.75) is 13.3 Å². The Labute approximate surface area is 158 Å². The van der Waals surface area contributed by atoms with Crippen LogP contribution in [0.5, 0.6) is 0 Å². The highest BCUT2D eigenvalue weighted by Crippen LogP contribution is 2.52. The van der Waals surface area contributed by atoms with Crippen molar-refractivity contribution in [2.75, 3.05) is 32.9 Å². The van der Waals surface area contributed by atoms with Gasteiger partial charge in [0.25, 0.3) is 0 Å². The van der Waals surface area contributed by atoms with Crippen LogP contribution in [-0.4, -0.2) is 52.5 Å². The molecule has 14 nitrogen and oxygen atoms in total. The van der Waals surface area contributed by atoms with Crippen LogP contribution in [0.3, 0.4) is 0 Å². The van der Waals surface area contributed by atoms with E-state index >= 15 is 0 Å². The van der Waals surface area contributed by atoms with Gasteiger partial charge in [0.1, 0.15) is 0 Å². The van der Waals surface area contributed by atoms with Crippen LogP contribution in [0.4, 0.5) is 8.96 Å². The summed E-state index contributed by atoms with van der Waals surface area (Å²) < 4.78 is 78.6. The minimum Gasteiger partial charge on any atom is -0.303 e. The molecule has 0 saturated carbocycles. The Bertz CT molecular complexity index is 581. The third-order valence-corrected chi connectivity index (χ3v) is 5.04. The van der Waals surface area contributed by atoms with E-state index in [0.29, 0.717) is 6.42 Å². The number of halogens is 2. The van der Waals surface area contributed by atoms with Crippen molar-refractivity contribution in [1.82, 2.24) is 11.1 Å². The van der Waals surface area contributed by atoms with E-state index in [-0.39, 0.29) is 6.54 Å². The van der Waals surface area contributed by atoms with Gasteiger partial charge in [0.2, 0.25) is 0 Å². The second-order valence-corrected chi connectivity index (χ2v) is 9.21. The molecule has 0 aliphatic heterocycles. The van der Waals surface area contributed by atoms with Gasteiger partial charge >= 0.3 is 23.5 Å². The third-order valence-electron chi connectivity index (χ3n) is 2.96. The molecule has 0 fully saturated rings. The average molecular weight is 482 g/mol. The molecule has 6 N–H and O–H groups in total. The Hall–Kier alpha value is 0.110. The zero-order chi connectivity index (χ0) is 21.8. The van der Waals surface area contributed by atoms with Gasteiger partial charge in [0.15, 0.2) is 0 Å². The summed E-state index contributed by atoms with van der Waals surface area (Å²) in [5.74, 6) is -1.66. The Kier molecular flexibility index (Phi) is 13.5. The van der Waals surface area contributed by atoms with Crippen molar-refractivity contribution in [2.24, 2.45) is 11.8 Å². The first-order valence-electron chi connectivity index (χ1n) is 7.53. The van der Waals surface area contributed by atoms with Crippen LogP contribution in [-0.2, 0) is 36.6 Å². The number of rotatable bonds is 17. The predicted octanol–water partition coefficient (Wildman–Crippen LogP) is 0.868. The molecule has 0 aliphatic carbocycles. The molecule has 0 spiro atoms. The van der Waals surface area contributed by atoms with Gasteiger partial charge in [-0.25, -0.2) is 13.7 Å². The van der Waals surface area contributed by atoms with Gasteiger partial charge in [0.05, 0.1) is 19.8 Å². The van der Waals surface area contributed by atoms with Gasteiger partial charge in [-0.05, 0) is 12.3 Å². The molecule has 0 heterocycles. The summed E-state index contributed by atoms with van der Waals surface area (Å²) in [5.41, 5.74) is 2.50. The molecule has 4 unspecified atom stereocenters. The van der Waals surface area contributed by atoms with E-state index < -0.39 is 61.7 Å². The van der Waals surface area contributed by atoms with Crippen LogP contribution in [0.15, 0.2) is 0 Å². The minimum absolute atomic E-state index is 0.181. The van der Waals surface area contributed by atoms with Crippen molar-refractivity contribution in [3.05, 3.63) is 0 Å². The second kappa shape index (κ2) is 13.4. The van der Waals surface area contributed by atoms with E-state index in [1.807, 2.05) is 0 Å². The number of nitrogens with one attached hydrogen (secondary N) is 2. The summed E-state index contributed by atoms with van der Waals surface area (Å²) in [4.78, 5) is 35.8. The first-order valence-corrected chi connectivity index (χ1v) is 12.1. The van der Waals surface area contributed by atoms with Crippen LogP contribution < -0.4 is 11.1 Å². The summed E-state index contributed by atoms with van der Waals surface area (Å²) in [6.07, 6.45) is 0.375. The molecular formula is C9H23F2N2O12P3. The number of hydrogen-bond donors (Lipinski definition) is 6. The fourth-order valence-corrected chi connectivity index (χ4v) is 3.40. The summed E-state index contributed by atoms with van der Waals surface area (Å²) in [7, 11) is -14.9. The van der Waals surface area contributed by atoms with Crippen molar-refractivity contribution in [1.29, 1.82) is 0 Å². The number of phosphoric ester groups is 3. The number of phosphoric acid groups is 3. The topological polar surface area (TPSA) is 202 Å². The van der Waals surface area contributed by atoms with Gasteiger partial charge < -0.3 is 19.6 Å². The van der Waals surface area contributed by atoms with E-state index in [2.05, 4.69) is 22.9 Å². The van der Waals surface area contributed by atoms with E-state index in [0.717, 1.165) is 5.54 Å². The van der Waals surface area contributed by atoms with Crippen LogP contribution >= 0.6 is 23.5 Å². The molecule has 170 valence electrons. The zero-order valence-electron chi connectivity index (χ0n) is 14.5. The lowest BCUT2D eigenvalue weighted by atomic mass is 10.1. The smallest absolute Gasteiger partial charge is 0.303 e. The van der Waals surface area contributed by atoms with Crippen LogP contribution in [0.2, 0.25) is 0 Å². The molecule has 0 aromatic heterocycles. The van der Waals surface area contributed by atoms with Crippen molar-refractivity contribution >= 4 is 23.5 Å². The highest BCUT2D eigenvalue weighted by Gasteiger charge is 2.33. The van der Waals surface area contributed by atoms with Gasteiger partial charge in [0, 0.05) is 19.0 Å². The van der Waals surface area contributed by atoms with Crippen molar-refractivity contribution in [3.8, 4) is 0 Å². The van der Waals surface area contributed by atoms with E-state index in [4.69, 9.17) is 9.79 Å². The Morgan fingerprint density at radius 1 is 0.786 bits per heavy atom. The molecule has 0 aliphatic rings. The van der Waals surface area contributed by atoms with Gasteiger partial charge in [-0.3, -0.25) is 13.6 Å². The highest BCUT2D eigenvalue weighted by molar-refractivity contribution is 7.49. The molecule has 4 atom stereocenters. The second-order valence-electron chi connectivity index (χ2n) is 5.28. The Morgan fingerprint density at radius 2 is 1.18 bits per heavy atom. The normalized spacial score (nSPS) is 19.0. The monoisotopic (exact) mass is 482 g/mol. The molecule has 0 radical (unpaired) electrons. The largest absolute Gasteiger partial charge is 0.499 e. The molecule has 0 rings (SSSR count). The maximum Gasteiger partial charge on any atom is 0.499 e. The molecular weight excluding hydrogens is 459 g/mol. The maximum atomic E-state index is 12.2. The summed E-state index contributed by atoms with van der Waals surface area (Å²) in [6, 6.07) is 0. The molecule has 28 heavy (non-hydrogen) atoms. The lowest BCUT2D eigenvalue weighted by Gasteiger charge is -2.19. The van der Waals surface area contributed by atoms with Gasteiger partial charge in [-0.2, -0.15) is 11.1 Å². The fraction of sp³-hybridized carbons (Fsp3) is 1.00. The van der Waals surface area contributed by atoms with Crippen LogP contribution in [0.25, 0.3) is 0 Å². The number of hydrogen-bond acceptors (Lipinski definition) is 10. The lowest BCUT2D eigenvalue weighted by molar-refractivity contribution is -0.152. The molecule has 0 aromatic rings. The Balaban J connectivity index is 4.50. The summed E-state index contributed by atoms with van der Waals surface area (Å²) in [6.45, 7) is -1.12. The Morgan fingerprint density at radius 3 is 1.57 bits per heavy atom.